The van der Waals surface area contributed by atoms with Gasteiger partial charge in [-0.25, -0.2) is 0 Å². The van der Waals surface area contributed by atoms with Crippen molar-refractivity contribution in [2.75, 3.05) is 5.32 Å². The Bertz CT molecular complexity index is 672. The molecule has 5 heteroatoms. The zero-order valence-corrected chi connectivity index (χ0v) is 12.2. The molecule has 2 unspecified atom stereocenters. The van der Waals surface area contributed by atoms with E-state index in [1.165, 1.54) is 0 Å². The lowest BCUT2D eigenvalue weighted by Gasteiger charge is -2.35. The number of fused-ring (bicyclic) bond motifs is 1. The van der Waals surface area contributed by atoms with Gasteiger partial charge in [0.2, 0.25) is 5.91 Å². The van der Waals surface area contributed by atoms with Gasteiger partial charge in [0.25, 0.3) is 0 Å². The molecule has 0 spiro atoms. The maximum absolute atomic E-state index is 12.5. The van der Waals surface area contributed by atoms with Crippen molar-refractivity contribution in [2.45, 2.75) is 38.1 Å². The molecule has 0 bridgehead atoms. The fraction of sp³-hybridized carbons (Fsp3) is 0.438. The van der Waals surface area contributed by atoms with Crippen LogP contribution in [0.2, 0.25) is 0 Å². The van der Waals surface area contributed by atoms with Crippen LogP contribution in [-0.2, 0) is 4.79 Å². The smallest absolute Gasteiger partial charge is 0.244 e. The lowest BCUT2D eigenvalue weighted by molar-refractivity contribution is -0.122. The Morgan fingerprint density at radius 1 is 1.33 bits per heavy atom. The average Bonchev–Trinajstić information content (AvgIpc) is 2.47. The van der Waals surface area contributed by atoms with Crippen LogP contribution >= 0.6 is 0 Å². The summed E-state index contributed by atoms with van der Waals surface area (Å²) in [7, 11) is 0. The summed E-state index contributed by atoms with van der Waals surface area (Å²) >= 11 is 0. The Morgan fingerprint density at radius 2 is 2.10 bits per heavy atom. The third kappa shape index (κ3) is 2.88. The maximum Gasteiger partial charge on any atom is 0.244 e. The van der Waals surface area contributed by atoms with E-state index < -0.39 is 5.54 Å². The normalized spacial score (nSPS) is 25.7. The standard InChI is InChI=1S/C16H20N4O/c1-11-3-2-6-16(17,10-11)15(21)20-12-4-5-13-14(9-12)19-8-7-18-13/h4-5,7-9,11H,2-3,6,10,17H2,1H3,(H,20,21). The van der Waals surface area contributed by atoms with E-state index in [-0.39, 0.29) is 5.91 Å². The van der Waals surface area contributed by atoms with Crippen molar-refractivity contribution in [3.05, 3.63) is 30.6 Å². The molecule has 1 fully saturated rings. The predicted molar refractivity (Wildman–Crippen MR) is 82.7 cm³/mol. The van der Waals surface area contributed by atoms with E-state index in [2.05, 4.69) is 22.2 Å². The fourth-order valence-electron chi connectivity index (χ4n) is 3.09. The molecule has 1 aliphatic rings. The van der Waals surface area contributed by atoms with Gasteiger partial charge in [-0.3, -0.25) is 14.8 Å². The Balaban J connectivity index is 1.79. The number of amides is 1. The molecule has 110 valence electrons. The number of nitrogens with one attached hydrogen (secondary N) is 1. The summed E-state index contributed by atoms with van der Waals surface area (Å²) < 4.78 is 0. The third-order valence-corrected chi connectivity index (χ3v) is 4.21. The number of aromatic nitrogens is 2. The molecule has 1 aliphatic carbocycles. The fourth-order valence-corrected chi connectivity index (χ4v) is 3.09. The topological polar surface area (TPSA) is 80.9 Å². The predicted octanol–water partition coefficient (Wildman–Crippen LogP) is 2.48. The second kappa shape index (κ2) is 5.41. The highest BCUT2D eigenvalue weighted by Gasteiger charge is 2.37. The van der Waals surface area contributed by atoms with E-state index in [0.717, 1.165) is 42.4 Å². The van der Waals surface area contributed by atoms with Crippen LogP contribution < -0.4 is 11.1 Å². The highest BCUT2D eigenvalue weighted by Crippen LogP contribution is 2.31. The molecule has 21 heavy (non-hydrogen) atoms. The summed E-state index contributed by atoms with van der Waals surface area (Å²) in [6.07, 6.45) is 6.94. The number of benzene rings is 1. The van der Waals surface area contributed by atoms with Crippen LogP contribution in [-0.4, -0.2) is 21.4 Å². The van der Waals surface area contributed by atoms with E-state index in [1.807, 2.05) is 18.2 Å². The number of carbonyl (C=O) groups excluding carboxylic acids is 1. The number of nitrogens with zero attached hydrogens (tertiary/aromatic N) is 2. The van der Waals surface area contributed by atoms with Crippen LogP contribution in [0.4, 0.5) is 5.69 Å². The van der Waals surface area contributed by atoms with Gasteiger partial charge >= 0.3 is 0 Å². The number of anilines is 1. The second-order valence-corrected chi connectivity index (χ2v) is 6.07. The third-order valence-electron chi connectivity index (χ3n) is 4.21. The maximum atomic E-state index is 12.5. The molecule has 1 heterocycles. The Morgan fingerprint density at radius 3 is 2.86 bits per heavy atom. The molecule has 3 rings (SSSR count). The van der Waals surface area contributed by atoms with Crippen molar-refractivity contribution >= 4 is 22.6 Å². The second-order valence-electron chi connectivity index (χ2n) is 6.07. The van der Waals surface area contributed by atoms with Crippen LogP contribution in [0.3, 0.4) is 0 Å². The molecule has 1 aromatic carbocycles. The molecule has 5 nitrogen and oxygen atoms in total. The number of hydrogen-bond donors (Lipinski definition) is 2. The van der Waals surface area contributed by atoms with Crippen molar-refractivity contribution in [3.63, 3.8) is 0 Å². The summed E-state index contributed by atoms with van der Waals surface area (Å²) in [5, 5.41) is 2.93. The Kier molecular flexibility index (Phi) is 3.59. The summed E-state index contributed by atoms with van der Waals surface area (Å²) in [6, 6.07) is 5.52. The van der Waals surface area contributed by atoms with Gasteiger partial charge in [0.1, 0.15) is 0 Å². The first-order valence-corrected chi connectivity index (χ1v) is 7.38. The minimum atomic E-state index is -0.755. The van der Waals surface area contributed by atoms with E-state index in [4.69, 9.17) is 5.73 Å². The largest absolute Gasteiger partial charge is 0.324 e. The summed E-state index contributed by atoms with van der Waals surface area (Å²) in [5.74, 6) is 0.397. The van der Waals surface area contributed by atoms with Gasteiger partial charge in [0, 0.05) is 18.1 Å². The average molecular weight is 284 g/mol. The minimum Gasteiger partial charge on any atom is -0.324 e. The van der Waals surface area contributed by atoms with E-state index in [9.17, 15) is 4.79 Å². The highest BCUT2D eigenvalue weighted by atomic mass is 16.2. The lowest BCUT2D eigenvalue weighted by Crippen LogP contribution is -2.53. The van der Waals surface area contributed by atoms with Crippen LogP contribution in [0.1, 0.15) is 32.6 Å². The van der Waals surface area contributed by atoms with E-state index >= 15 is 0 Å². The lowest BCUT2D eigenvalue weighted by atomic mass is 9.76. The molecule has 1 aromatic heterocycles. The van der Waals surface area contributed by atoms with Crippen molar-refractivity contribution in [1.82, 2.24) is 9.97 Å². The number of nitrogens with two attached hydrogens (primary N) is 1. The molecule has 0 radical (unpaired) electrons. The van der Waals surface area contributed by atoms with Gasteiger partial charge < -0.3 is 11.1 Å². The molecule has 2 aromatic rings. The van der Waals surface area contributed by atoms with Gasteiger partial charge in [0.15, 0.2) is 0 Å². The highest BCUT2D eigenvalue weighted by molar-refractivity contribution is 5.99. The van der Waals surface area contributed by atoms with Crippen LogP contribution in [0.5, 0.6) is 0 Å². The molecule has 2 atom stereocenters. The molecule has 1 amide bonds. The van der Waals surface area contributed by atoms with Gasteiger partial charge in [-0.15, -0.1) is 0 Å². The van der Waals surface area contributed by atoms with Crippen molar-refractivity contribution < 1.29 is 4.79 Å². The first-order valence-electron chi connectivity index (χ1n) is 7.38. The zero-order valence-electron chi connectivity index (χ0n) is 12.2. The summed E-state index contributed by atoms with van der Waals surface area (Å²) in [6.45, 7) is 2.15. The van der Waals surface area contributed by atoms with Crippen molar-refractivity contribution in [3.8, 4) is 0 Å². The number of hydrogen-bond acceptors (Lipinski definition) is 4. The quantitative estimate of drug-likeness (QED) is 0.887. The van der Waals surface area contributed by atoms with E-state index in [0.29, 0.717) is 5.92 Å². The summed E-state index contributed by atoms with van der Waals surface area (Å²) in [4.78, 5) is 21.0. The number of rotatable bonds is 2. The SMILES string of the molecule is CC1CCCC(N)(C(=O)Nc2ccc3nccnc3c2)C1. The van der Waals surface area contributed by atoms with Gasteiger partial charge in [-0.2, -0.15) is 0 Å². The first-order chi connectivity index (χ1) is 10.1. The minimum absolute atomic E-state index is 0.0997. The molecule has 3 N–H and O–H groups in total. The molecule has 1 saturated carbocycles. The van der Waals surface area contributed by atoms with Crippen molar-refractivity contribution in [2.24, 2.45) is 11.7 Å². The zero-order chi connectivity index (χ0) is 14.9. The van der Waals surface area contributed by atoms with Crippen LogP contribution in [0, 0.1) is 5.92 Å². The molecule has 0 saturated heterocycles. The van der Waals surface area contributed by atoms with Crippen molar-refractivity contribution in [1.29, 1.82) is 0 Å². The van der Waals surface area contributed by atoms with Gasteiger partial charge in [-0.1, -0.05) is 19.8 Å². The Hall–Kier alpha value is -2.01. The van der Waals surface area contributed by atoms with Crippen LogP contribution in [0.25, 0.3) is 11.0 Å². The summed E-state index contributed by atoms with van der Waals surface area (Å²) in [5.41, 5.74) is 7.85. The van der Waals surface area contributed by atoms with Gasteiger partial charge in [-0.05, 0) is 37.0 Å². The molecule has 0 aliphatic heterocycles. The molecular weight excluding hydrogens is 264 g/mol. The number of carbonyl (C=O) groups is 1. The molecular formula is C16H20N4O. The van der Waals surface area contributed by atoms with Gasteiger partial charge in [0.05, 0.1) is 16.6 Å². The first kappa shape index (κ1) is 13.9. The Labute approximate surface area is 124 Å². The van der Waals surface area contributed by atoms with E-state index in [1.54, 1.807) is 12.4 Å². The monoisotopic (exact) mass is 284 g/mol. The van der Waals surface area contributed by atoms with Crippen LogP contribution in [0.15, 0.2) is 30.6 Å².